The average Bonchev–Trinajstić information content (AvgIpc) is 2.74. The molecule has 1 fully saturated rings. The van der Waals surface area contributed by atoms with Crippen LogP contribution in [0.15, 0.2) is 42.5 Å². The summed E-state index contributed by atoms with van der Waals surface area (Å²) in [7, 11) is 0. The van der Waals surface area contributed by atoms with Crippen molar-refractivity contribution in [1.29, 1.82) is 0 Å². The van der Waals surface area contributed by atoms with E-state index in [2.05, 4.69) is 5.32 Å². The van der Waals surface area contributed by atoms with Crippen molar-refractivity contribution in [2.75, 3.05) is 29.9 Å². The van der Waals surface area contributed by atoms with E-state index in [1.54, 1.807) is 24.3 Å². The monoisotopic (exact) mass is 411 g/mol. The minimum Gasteiger partial charge on any atom is -0.455 e. The highest BCUT2D eigenvalue weighted by Gasteiger charge is 2.29. The Balaban J connectivity index is 1.48. The number of carbonyl (C=O) groups is 2. The van der Waals surface area contributed by atoms with Crippen LogP contribution in [0.1, 0.15) is 24.0 Å². The van der Waals surface area contributed by atoms with Gasteiger partial charge >= 0.3 is 5.97 Å². The minimum atomic E-state index is -0.410. The Morgan fingerprint density at radius 2 is 1.83 bits per heavy atom. The molecule has 0 aliphatic carbocycles. The van der Waals surface area contributed by atoms with Crippen LogP contribution in [0, 0.1) is 29.9 Å². The molecule has 30 heavy (non-hydrogen) atoms. The molecule has 0 spiro atoms. The van der Waals surface area contributed by atoms with Crippen LogP contribution >= 0.6 is 0 Å². The van der Waals surface area contributed by atoms with E-state index in [0.717, 1.165) is 11.1 Å². The van der Waals surface area contributed by atoms with Gasteiger partial charge in [0, 0.05) is 24.8 Å². The Kier molecular flexibility index (Phi) is 6.66. The summed E-state index contributed by atoms with van der Waals surface area (Å²) in [5.41, 5.74) is 3.47. The Morgan fingerprint density at radius 3 is 2.50 bits per heavy atom. The lowest BCUT2D eigenvalue weighted by Gasteiger charge is -2.32. The number of hydrogen-bond donors (Lipinski definition) is 1. The van der Waals surface area contributed by atoms with Gasteiger partial charge in [0.1, 0.15) is 5.69 Å². The number of benzene rings is 2. The lowest BCUT2D eigenvalue weighted by molar-refractivity contribution is -0.384. The van der Waals surface area contributed by atoms with Gasteiger partial charge in [-0.2, -0.15) is 0 Å². The van der Waals surface area contributed by atoms with E-state index in [9.17, 15) is 19.7 Å². The van der Waals surface area contributed by atoms with Crippen LogP contribution in [-0.4, -0.2) is 36.5 Å². The van der Waals surface area contributed by atoms with Crippen molar-refractivity contribution >= 4 is 28.9 Å². The van der Waals surface area contributed by atoms with Crippen LogP contribution in [0.25, 0.3) is 0 Å². The van der Waals surface area contributed by atoms with Crippen molar-refractivity contribution in [3.63, 3.8) is 0 Å². The summed E-state index contributed by atoms with van der Waals surface area (Å²) in [5.74, 6) is -1.12. The molecule has 0 atom stereocenters. The molecule has 0 aromatic heterocycles. The summed E-state index contributed by atoms with van der Waals surface area (Å²) < 4.78 is 5.19. The highest BCUT2D eigenvalue weighted by atomic mass is 16.6. The molecule has 1 aliphatic heterocycles. The average molecular weight is 411 g/mol. The maximum atomic E-state index is 12.3. The van der Waals surface area contributed by atoms with E-state index >= 15 is 0 Å². The second kappa shape index (κ2) is 9.39. The lowest BCUT2D eigenvalue weighted by atomic mass is 9.96. The Morgan fingerprint density at radius 1 is 1.13 bits per heavy atom. The largest absolute Gasteiger partial charge is 0.455 e. The number of carbonyl (C=O) groups excluding carboxylic acids is 2. The number of piperidine rings is 1. The van der Waals surface area contributed by atoms with Gasteiger partial charge in [0.25, 0.3) is 11.6 Å². The van der Waals surface area contributed by atoms with Crippen molar-refractivity contribution in [3.05, 3.63) is 63.7 Å². The number of rotatable bonds is 6. The van der Waals surface area contributed by atoms with E-state index in [0.29, 0.717) is 37.3 Å². The fraction of sp³-hybridized carbons (Fsp3) is 0.364. The first-order chi connectivity index (χ1) is 14.3. The number of aryl methyl sites for hydroxylation is 2. The topological polar surface area (TPSA) is 102 Å². The van der Waals surface area contributed by atoms with Crippen molar-refractivity contribution in [2.45, 2.75) is 26.7 Å². The number of ether oxygens (including phenoxy) is 1. The van der Waals surface area contributed by atoms with Crippen molar-refractivity contribution in [2.24, 2.45) is 5.92 Å². The summed E-state index contributed by atoms with van der Waals surface area (Å²) in [6.07, 6.45) is 1.04. The van der Waals surface area contributed by atoms with Gasteiger partial charge in [-0.25, -0.2) is 0 Å². The van der Waals surface area contributed by atoms with Crippen molar-refractivity contribution in [1.82, 2.24) is 0 Å². The molecule has 8 nitrogen and oxygen atoms in total. The predicted molar refractivity (Wildman–Crippen MR) is 114 cm³/mol. The molecule has 1 saturated heterocycles. The maximum Gasteiger partial charge on any atom is 0.309 e. The van der Waals surface area contributed by atoms with Gasteiger partial charge in [-0.1, -0.05) is 18.2 Å². The number of hydrogen-bond acceptors (Lipinski definition) is 6. The third-order valence-corrected chi connectivity index (χ3v) is 5.38. The molecular weight excluding hydrogens is 386 g/mol. The lowest BCUT2D eigenvalue weighted by Crippen LogP contribution is -2.37. The highest BCUT2D eigenvalue weighted by Crippen LogP contribution is 2.31. The third kappa shape index (κ3) is 5.14. The minimum absolute atomic E-state index is 0.0570. The molecule has 0 radical (unpaired) electrons. The van der Waals surface area contributed by atoms with Crippen LogP contribution in [0.3, 0.4) is 0 Å². The van der Waals surface area contributed by atoms with Gasteiger partial charge in [-0.05, 0) is 56.0 Å². The Labute approximate surface area is 175 Å². The van der Waals surface area contributed by atoms with E-state index in [1.807, 2.05) is 30.9 Å². The normalized spacial score (nSPS) is 14.3. The first-order valence-corrected chi connectivity index (χ1v) is 9.87. The predicted octanol–water partition coefficient (Wildman–Crippen LogP) is 3.61. The second-order valence-corrected chi connectivity index (χ2v) is 7.46. The fourth-order valence-electron chi connectivity index (χ4n) is 3.51. The number of nitrogens with zero attached hydrogens (tertiary/aromatic N) is 2. The second-order valence-electron chi connectivity index (χ2n) is 7.46. The van der Waals surface area contributed by atoms with Gasteiger partial charge < -0.3 is 15.0 Å². The highest BCUT2D eigenvalue weighted by molar-refractivity contribution is 5.93. The van der Waals surface area contributed by atoms with Gasteiger partial charge in [-0.15, -0.1) is 0 Å². The number of anilines is 2. The fourth-order valence-corrected chi connectivity index (χ4v) is 3.51. The number of nitrogens with one attached hydrogen (secondary N) is 1. The van der Waals surface area contributed by atoms with Gasteiger partial charge in [0.05, 0.1) is 10.8 Å². The molecule has 1 aliphatic rings. The maximum absolute atomic E-state index is 12.3. The Hall–Kier alpha value is -3.42. The molecule has 1 heterocycles. The smallest absolute Gasteiger partial charge is 0.309 e. The zero-order valence-corrected chi connectivity index (χ0v) is 17.1. The van der Waals surface area contributed by atoms with Crippen molar-refractivity contribution in [3.8, 4) is 0 Å². The first kappa shape index (κ1) is 21.3. The summed E-state index contributed by atoms with van der Waals surface area (Å²) >= 11 is 0. The number of nitro benzene ring substituents is 1. The number of para-hydroxylation sites is 2. The van der Waals surface area contributed by atoms with Crippen LogP contribution in [-0.2, 0) is 14.3 Å². The van der Waals surface area contributed by atoms with Crippen LogP contribution in [0.2, 0.25) is 0 Å². The van der Waals surface area contributed by atoms with Gasteiger partial charge in [0.15, 0.2) is 6.61 Å². The standard InChI is InChI=1S/C22H25N3O5/c1-15-7-8-18(13-16(15)2)23-21(26)14-30-22(27)17-9-11-24(12-10-17)19-5-3-4-6-20(19)25(28)29/h3-8,13,17H,9-12,14H2,1-2H3,(H,23,26). The SMILES string of the molecule is Cc1ccc(NC(=O)COC(=O)C2CCN(c3ccccc3[N+](=O)[O-])CC2)cc1C. The quantitative estimate of drug-likeness (QED) is 0.443. The summed E-state index contributed by atoms with van der Waals surface area (Å²) in [4.78, 5) is 37.1. The van der Waals surface area contributed by atoms with E-state index < -0.39 is 10.9 Å². The Bertz CT molecular complexity index is 952. The molecule has 2 aromatic carbocycles. The number of esters is 1. The summed E-state index contributed by atoms with van der Waals surface area (Å²) in [6, 6.07) is 12.2. The molecule has 0 unspecified atom stereocenters. The molecule has 8 heteroatoms. The van der Waals surface area contributed by atoms with Crippen LogP contribution in [0.4, 0.5) is 17.1 Å². The molecular formula is C22H25N3O5. The number of amides is 1. The number of nitro groups is 1. The summed E-state index contributed by atoms with van der Waals surface area (Å²) in [6.45, 7) is 4.64. The van der Waals surface area contributed by atoms with Crippen molar-refractivity contribution < 1.29 is 19.2 Å². The molecule has 2 aromatic rings. The molecule has 0 saturated carbocycles. The van der Waals surface area contributed by atoms with E-state index in [1.165, 1.54) is 6.07 Å². The summed E-state index contributed by atoms with van der Waals surface area (Å²) in [5, 5.41) is 13.9. The zero-order chi connectivity index (χ0) is 21.7. The molecule has 158 valence electrons. The van der Waals surface area contributed by atoms with Crippen LogP contribution in [0.5, 0.6) is 0 Å². The molecule has 0 bridgehead atoms. The van der Waals surface area contributed by atoms with Crippen LogP contribution < -0.4 is 10.2 Å². The third-order valence-electron chi connectivity index (χ3n) is 5.38. The van der Waals surface area contributed by atoms with E-state index in [-0.39, 0.29) is 24.1 Å². The molecule has 1 amide bonds. The van der Waals surface area contributed by atoms with Gasteiger partial charge in [-0.3, -0.25) is 19.7 Å². The zero-order valence-electron chi connectivity index (χ0n) is 17.1. The first-order valence-electron chi connectivity index (χ1n) is 9.87. The van der Waals surface area contributed by atoms with Gasteiger partial charge in [0.2, 0.25) is 0 Å². The van der Waals surface area contributed by atoms with E-state index in [4.69, 9.17) is 4.74 Å². The molecule has 1 N–H and O–H groups in total. The molecule has 3 rings (SSSR count).